The summed E-state index contributed by atoms with van der Waals surface area (Å²) in [6, 6.07) is 22.8. The molecule has 3 aromatic rings. The molecule has 0 amide bonds. The molecule has 0 atom stereocenters. The topological polar surface area (TPSA) is 34.1 Å². The molecular weight excluding hydrogens is 404 g/mol. The molecule has 0 fully saturated rings. The molecule has 0 bridgehead atoms. The summed E-state index contributed by atoms with van der Waals surface area (Å²) >= 11 is 1.67. The van der Waals surface area contributed by atoms with Gasteiger partial charge in [0.2, 0.25) is 0 Å². The van der Waals surface area contributed by atoms with Crippen LogP contribution in [0.5, 0.6) is 11.5 Å². The van der Waals surface area contributed by atoms with Crippen molar-refractivity contribution in [1.29, 1.82) is 0 Å². The molecule has 162 valence electrons. The Morgan fingerprint density at radius 2 is 1.32 bits per heavy atom. The molecule has 4 nitrogen and oxygen atoms in total. The van der Waals surface area contributed by atoms with Crippen LogP contribution in [0.15, 0.2) is 71.7 Å². The zero-order valence-corrected chi connectivity index (χ0v) is 19.7. The van der Waals surface area contributed by atoms with Crippen LogP contribution in [0.4, 0.5) is 5.69 Å². The van der Waals surface area contributed by atoms with Crippen molar-refractivity contribution in [2.75, 3.05) is 20.5 Å². The first-order chi connectivity index (χ1) is 15.0. The van der Waals surface area contributed by atoms with Crippen LogP contribution in [0, 0.1) is 13.8 Å². The molecular formula is C26H30N2O2S. The lowest BCUT2D eigenvalue weighted by atomic mass is 10.1. The quantitative estimate of drug-likeness (QED) is 0.319. The molecule has 0 saturated heterocycles. The molecule has 0 aliphatic carbocycles. The monoisotopic (exact) mass is 434 g/mol. The second kappa shape index (κ2) is 10.9. The maximum atomic E-state index is 5.31. The van der Waals surface area contributed by atoms with Gasteiger partial charge in [-0.25, -0.2) is 4.99 Å². The summed E-state index contributed by atoms with van der Waals surface area (Å²) in [6.07, 6.45) is 2.08. The van der Waals surface area contributed by atoms with E-state index >= 15 is 0 Å². The predicted molar refractivity (Wildman–Crippen MR) is 132 cm³/mol. The Morgan fingerprint density at radius 3 is 1.77 bits per heavy atom. The van der Waals surface area contributed by atoms with Crippen molar-refractivity contribution in [3.05, 3.63) is 89.0 Å². The lowest BCUT2D eigenvalue weighted by molar-refractivity contribution is 0.405. The van der Waals surface area contributed by atoms with Gasteiger partial charge in [0.25, 0.3) is 0 Å². The Hall–Kier alpha value is -2.92. The third-order valence-corrected chi connectivity index (χ3v) is 5.81. The van der Waals surface area contributed by atoms with Crippen molar-refractivity contribution in [3.8, 4) is 11.5 Å². The number of aryl methyl sites for hydroxylation is 2. The zero-order valence-electron chi connectivity index (χ0n) is 18.9. The number of ether oxygens (including phenoxy) is 2. The lowest BCUT2D eigenvalue weighted by Gasteiger charge is -2.26. The highest BCUT2D eigenvalue weighted by Crippen LogP contribution is 2.25. The number of hydrogen-bond acceptors (Lipinski definition) is 4. The van der Waals surface area contributed by atoms with Gasteiger partial charge in [0.1, 0.15) is 11.5 Å². The van der Waals surface area contributed by atoms with Gasteiger partial charge in [-0.1, -0.05) is 48.2 Å². The lowest BCUT2D eigenvalue weighted by Crippen LogP contribution is -2.27. The van der Waals surface area contributed by atoms with Crippen molar-refractivity contribution in [1.82, 2.24) is 4.90 Å². The summed E-state index contributed by atoms with van der Waals surface area (Å²) < 4.78 is 10.6. The maximum Gasteiger partial charge on any atom is 0.164 e. The molecule has 0 spiro atoms. The molecule has 0 aliphatic rings. The third-order valence-electron chi connectivity index (χ3n) is 5.10. The SMILES string of the molecule is COc1ccc(CN(Cc2ccc(OC)cc2)C(=Nc2cc(C)ccc2C)SC)cc1. The fourth-order valence-corrected chi connectivity index (χ4v) is 3.86. The summed E-state index contributed by atoms with van der Waals surface area (Å²) in [5.41, 5.74) is 5.81. The third kappa shape index (κ3) is 6.28. The molecule has 0 N–H and O–H groups in total. The Morgan fingerprint density at radius 1 is 0.806 bits per heavy atom. The Balaban J connectivity index is 1.94. The minimum absolute atomic E-state index is 0.751. The number of amidine groups is 1. The van der Waals surface area contributed by atoms with Gasteiger partial charge >= 0.3 is 0 Å². The van der Waals surface area contributed by atoms with E-state index in [0.29, 0.717) is 0 Å². The van der Waals surface area contributed by atoms with Crippen molar-refractivity contribution >= 4 is 22.6 Å². The summed E-state index contributed by atoms with van der Waals surface area (Å²) in [5.74, 6) is 1.72. The molecule has 0 heterocycles. The van der Waals surface area contributed by atoms with Crippen LogP contribution in [0.25, 0.3) is 0 Å². The second-order valence-corrected chi connectivity index (χ2v) is 8.21. The van der Waals surface area contributed by atoms with Crippen LogP contribution in [0.1, 0.15) is 22.3 Å². The van der Waals surface area contributed by atoms with Crippen molar-refractivity contribution in [2.45, 2.75) is 26.9 Å². The minimum atomic E-state index is 0.751. The Kier molecular flexibility index (Phi) is 8.01. The molecule has 0 radical (unpaired) electrons. The highest BCUT2D eigenvalue weighted by molar-refractivity contribution is 8.13. The van der Waals surface area contributed by atoms with Crippen LogP contribution in [0.2, 0.25) is 0 Å². The summed E-state index contributed by atoms with van der Waals surface area (Å²) in [6.45, 7) is 5.71. The van der Waals surface area contributed by atoms with E-state index < -0.39 is 0 Å². The molecule has 0 aromatic heterocycles. The van der Waals surface area contributed by atoms with E-state index in [4.69, 9.17) is 14.5 Å². The summed E-state index contributed by atoms with van der Waals surface area (Å²) in [4.78, 5) is 7.37. The van der Waals surface area contributed by atoms with E-state index in [0.717, 1.165) is 35.4 Å². The van der Waals surface area contributed by atoms with E-state index in [-0.39, 0.29) is 0 Å². The van der Waals surface area contributed by atoms with E-state index in [1.807, 2.05) is 24.3 Å². The number of benzene rings is 3. The second-order valence-electron chi connectivity index (χ2n) is 7.44. The molecule has 3 rings (SSSR count). The van der Waals surface area contributed by atoms with Crippen molar-refractivity contribution < 1.29 is 9.47 Å². The fourth-order valence-electron chi connectivity index (χ4n) is 3.28. The first-order valence-corrected chi connectivity index (χ1v) is 11.5. The normalized spacial score (nSPS) is 11.3. The number of nitrogens with zero attached hydrogens (tertiary/aromatic N) is 2. The van der Waals surface area contributed by atoms with Gasteiger partial charge in [-0.05, 0) is 72.7 Å². The Labute approximate surface area is 189 Å². The number of rotatable bonds is 7. The molecule has 3 aromatic carbocycles. The van der Waals surface area contributed by atoms with Crippen LogP contribution >= 0.6 is 11.8 Å². The Bertz CT molecular complexity index is 965. The number of thioether (sulfide) groups is 1. The number of hydrogen-bond donors (Lipinski definition) is 0. The van der Waals surface area contributed by atoms with Crippen LogP contribution in [0.3, 0.4) is 0 Å². The fraction of sp³-hybridized carbons (Fsp3) is 0.269. The zero-order chi connectivity index (χ0) is 22.2. The predicted octanol–water partition coefficient (Wildman–Crippen LogP) is 6.37. The molecule has 0 saturated carbocycles. The van der Waals surface area contributed by atoms with E-state index in [9.17, 15) is 0 Å². The highest BCUT2D eigenvalue weighted by atomic mass is 32.2. The molecule has 0 aliphatic heterocycles. The maximum absolute atomic E-state index is 5.31. The first kappa shape index (κ1) is 22.8. The average Bonchev–Trinajstić information content (AvgIpc) is 2.80. The van der Waals surface area contributed by atoms with Gasteiger partial charge in [-0.3, -0.25) is 0 Å². The standard InChI is InChI=1S/C26H30N2O2S/c1-19-6-7-20(2)25(16-19)27-26(31-5)28(17-21-8-12-23(29-3)13-9-21)18-22-10-14-24(30-4)15-11-22/h6-16H,17-18H2,1-5H3. The van der Waals surface area contributed by atoms with Crippen molar-refractivity contribution in [2.24, 2.45) is 4.99 Å². The van der Waals surface area contributed by atoms with E-state index in [1.165, 1.54) is 22.3 Å². The van der Waals surface area contributed by atoms with E-state index in [1.54, 1.807) is 26.0 Å². The van der Waals surface area contributed by atoms with Crippen LogP contribution < -0.4 is 9.47 Å². The van der Waals surface area contributed by atoms with Crippen molar-refractivity contribution in [3.63, 3.8) is 0 Å². The molecule has 5 heteroatoms. The first-order valence-electron chi connectivity index (χ1n) is 10.2. The summed E-state index contributed by atoms with van der Waals surface area (Å²) in [7, 11) is 3.38. The number of methoxy groups -OCH3 is 2. The van der Waals surface area contributed by atoms with Crippen LogP contribution in [-0.2, 0) is 13.1 Å². The minimum Gasteiger partial charge on any atom is -0.497 e. The molecule has 31 heavy (non-hydrogen) atoms. The number of aliphatic imine (C=N–C) groups is 1. The van der Waals surface area contributed by atoms with Gasteiger partial charge < -0.3 is 14.4 Å². The average molecular weight is 435 g/mol. The largest absolute Gasteiger partial charge is 0.497 e. The molecule has 0 unspecified atom stereocenters. The van der Waals surface area contributed by atoms with Gasteiger partial charge in [0, 0.05) is 13.1 Å². The van der Waals surface area contributed by atoms with Gasteiger partial charge in [0.05, 0.1) is 19.9 Å². The van der Waals surface area contributed by atoms with Gasteiger partial charge in [-0.15, -0.1) is 0 Å². The van der Waals surface area contributed by atoms with Crippen LogP contribution in [-0.4, -0.2) is 30.5 Å². The highest BCUT2D eigenvalue weighted by Gasteiger charge is 2.14. The van der Waals surface area contributed by atoms with Gasteiger partial charge in [-0.2, -0.15) is 0 Å². The van der Waals surface area contributed by atoms with E-state index in [2.05, 4.69) is 67.5 Å². The smallest absolute Gasteiger partial charge is 0.164 e. The summed E-state index contributed by atoms with van der Waals surface area (Å²) in [5, 5.41) is 0.986. The van der Waals surface area contributed by atoms with Gasteiger partial charge in [0.15, 0.2) is 5.17 Å².